The molecule has 0 unspecified atom stereocenters. The first-order valence-corrected chi connectivity index (χ1v) is 21.0. The van der Waals surface area contributed by atoms with Crippen LogP contribution in [0, 0.1) is 0 Å². The van der Waals surface area contributed by atoms with Crippen molar-refractivity contribution in [1.29, 1.82) is 0 Å². The van der Waals surface area contributed by atoms with Gasteiger partial charge in [-0.3, -0.25) is 14.6 Å². The van der Waals surface area contributed by atoms with Crippen LogP contribution in [0.25, 0.3) is 33.6 Å². The van der Waals surface area contributed by atoms with Crippen LogP contribution in [-0.4, -0.2) is 118 Å². The summed E-state index contributed by atoms with van der Waals surface area (Å²) in [6, 6.07) is 15.7. The molecule has 4 N–H and O–H groups in total. The number of likely N-dealkylation sites (tertiary alicyclic amines) is 1. The third-order valence-electron chi connectivity index (χ3n) is 11.7. The van der Waals surface area contributed by atoms with Gasteiger partial charge in [-0.25, -0.2) is 19.6 Å². The maximum atomic E-state index is 13.9. The largest absolute Gasteiger partial charge is 0.493 e. The van der Waals surface area contributed by atoms with Gasteiger partial charge in [0.1, 0.15) is 29.5 Å². The highest BCUT2D eigenvalue weighted by Crippen LogP contribution is 2.38. The normalized spacial score (nSPS) is 19.8. The summed E-state index contributed by atoms with van der Waals surface area (Å²) in [5, 5.41) is 5.37. The Morgan fingerprint density at radius 1 is 0.806 bits per heavy atom. The third kappa shape index (κ3) is 9.42. The van der Waals surface area contributed by atoms with Gasteiger partial charge < -0.3 is 49.3 Å². The van der Waals surface area contributed by atoms with Crippen LogP contribution in [0.3, 0.4) is 0 Å². The van der Waals surface area contributed by atoms with Crippen LogP contribution >= 0.6 is 0 Å². The molecule has 17 heteroatoms. The molecule has 62 heavy (non-hydrogen) atoms. The molecule has 324 valence electrons. The van der Waals surface area contributed by atoms with E-state index in [9.17, 15) is 19.2 Å². The topological polar surface area (TPSA) is 206 Å². The molecular weight excluding hydrogens is 795 g/mol. The van der Waals surface area contributed by atoms with E-state index < -0.39 is 24.3 Å². The molecule has 4 atom stereocenters. The number of hydrogen-bond acceptors (Lipinski definition) is 11. The van der Waals surface area contributed by atoms with Gasteiger partial charge in [0, 0.05) is 44.1 Å². The smallest absolute Gasteiger partial charge is 0.407 e. The van der Waals surface area contributed by atoms with E-state index in [0.29, 0.717) is 63.0 Å². The van der Waals surface area contributed by atoms with Crippen molar-refractivity contribution in [1.82, 2.24) is 45.4 Å². The number of imidazole rings is 2. The standard InChI is InChI=1S/C45H51N9O8/c1-59-44(57)51-33(23-28-15-17-46-18-16-28)42(55)53-19-5-7-37(53)40-47-25-34(49-40)30-11-9-29(10-12-30)31-13-14-32-35-26-48-41(50-35)38-8-6-20-54(38)43(56)36(52-45(58)60-2)27-61-21-3-4-22-62-39(32)24-31/h9-18,24-26,33,36-38H,3-8,19-23,27H2,1-2H3,(H,47,49)(H,48,50)(H,51,57)(H,52,58)/t33-,36-,37-,38-/m0/s1. The second-order valence-electron chi connectivity index (χ2n) is 15.6. The number of carbonyl (C=O) groups excluding carboxylic acids is 4. The Hall–Kier alpha value is -6.75. The number of pyridine rings is 1. The van der Waals surface area contributed by atoms with Gasteiger partial charge in [0.25, 0.3) is 0 Å². The van der Waals surface area contributed by atoms with Gasteiger partial charge in [0.05, 0.1) is 63.3 Å². The number of carbonyl (C=O) groups is 4. The molecular formula is C45H51N9O8. The molecule has 3 aliphatic heterocycles. The number of nitrogens with zero attached hydrogens (tertiary/aromatic N) is 5. The number of hydrogen-bond donors (Lipinski definition) is 4. The van der Waals surface area contributed by atoms with Gasteiger partial charge in [-0.1, -0.05) is 30.3 Å². The van der Waals surface area contributed by atoms with E-state index in [-0.39, 0.29) is 30.5 Å². The minimum Gasteiger partial charge on any atom is -0.493 e. The van der Waals surface area contributed by atoms with Gasteiger partial charge >= 0.3 is 12.2 Å². The Kier molecular flexibility index (Phi) is 13.1. The van der Waals surface area contributed by atoms with Crippen LogP contribution in [0.2, 0.25) is 0 Å². The van der Waals surface area contributed by atoms with Crippen molar-refractivity contribution >= 4 is 24.0 Å². The first-order chi connectivity index (χ1) is 30.3. The highest BCUT2D eigenvalue weighted by atomic mass is 16.5. The third-order valence-corrected chi connectivity index (χ3v) is 11.7. The lowest BCUT2D eigenvalue weighted by atomic mass is 10.00. The molecule has 0 aliphatic carbocycles. The molecule has 4 amide bonds. The molecule has 2 aromatic carbocycles. The lowest BCUT2D eigenvalue weighted by Crippen LogP contribution is -2.50. The number of rotatable bonds is 8. The Labute approximate surface area is 358 Å². The first-order valence-electron chi connectivity index (χ1n) is 21.0. The van der Waals surface area contributed by atoms with E-state index in [1.54, 1.807) is 34.6 Å². The van der Waals surface area contributed by atoms with Gasteiger partial charge in [-0.2, -0.15) is 0 Å². The highest BCUT2D eigenvalue weighted by molar-refractivity contribution is 5.87. The number of methoxy groups -OCH3 is 2. The molecule has 17 nitrogen and oxygen atoms in total. The van der Waals surface area contributed by atoms with Crippen molar-refractivity contribution in [2.75, 3.05) is 47.1 Å². The predicted octanol–water partition coefficient (Wildman–Crippen LogP) is 5.74. The second kappa shape index (κ2) is 19.3. The molecule has 5 aromatic rings. The minimum atomic E-state index is -0.881. The molecule has 0 radical (unpaired) electrons. The summed E-state index contributed by atoms with van der Waals surface area (Å²) in [4.78, 5) is 76.0. The Bertz CT molecular complexity index is 2350. The number of alkyl carbamates (subject to hydrolysis) is 2. The number of ether oxygens (including phenoxy) is 4. The first kappa shape index (κ1) is 42.0. The Balaban J connectivity index is 0.989. The average Bonchev–Trinajstić information content (AvgIpc) is 4.15. The predicted molar refractivity (Wildman–Crippen MR) is 227 cm³/mol. The van der Waals surface area contributed by atoms with Crippen molar-refractivity contribution < 1.29 is 38.1 Å². The second-order valence-corrected chi connectivity index (χ2v) is 15.6. The van der Waals surface area contributed by atoms with Gasteiger partial charge in [-0.05, 0) is 85.0 Å². The average molecular weight is 846 g/mol. The SMILES string of the molecule is COC(=O)N[C@@H](Cc1ccncc1)C(=O)N1CCC[C@H]1c1ncc(-c2ccc(-c3ccc4c(c3)OCCCCOC[C@H](NC(=O)OC)C(=O)N3CCC[C@H]3c3ncc-4[nH]3)cc2)[nH]1. The molecule has 8 rings (SSSR count). The number of amides is 4. The molecule has 3 aliphatic rings. The summed E-state index contributed by atoms with van der Waals surface area (Å²) in [7, 11) is 2.55. The van der Waals surface area contributed by atoms with Crippen molar-refractivity contribution in [3.05, 3.63) is 96.6 Å². The van der Waals surface area contributed by atoms with Crippen LogP contribution < -0.4 is 15.4 Å². The van der Waals surface area contributed by atoms with E-state index >= 15 is 0 Å². The zero-order valence-corrected chi connectivity index (χ0v) is 34.8. The fourth-order valence-electron chi connectivity index (χ4n) is 8.43. The molecule has 6 heterocycles. The van der Waals surface area contributed by atoms with Crippen LogP contribution in [-0.2, 0) is 30.2 Å². The summed E-state index contributed by atoms with van der Waals surface area (Å²) in [5.41, 5.74) is 6.22. The van der Waals surface area contributed by atoms with E-state index in [0.717, 1.165) is 64.9 Å². The summed E-state index contributed by atoms with van der Waals surface area (Å²) < 4.78 is 21.9. The van der Waals surface area contributed by atoms with Gasteiger partial charge in [0.2, 0.25) is 11.8 Å². The molecule has 2 fully saturated rings. The van der Waals surface area contributed by atoms with Crippen LogP contribution in [0.4, 0.5) is 9.59 Å². The van der Waals surface area contributed by atoms with Crippen molar-refractivity contribution in [2.45, 2.75) is 69.1 Å². The van der Waals surface area contributed by atoms with Crippen LogP contribution in [0.15, 0.2) is 79.4 Å². The molecule has 2 saturated heterocycles. The fourth-order valence-corrected chi connectivity index (χ4v) is 8.43. The van der Waals surface area contributed by atoms with Gasteiger partial charge in [-0.15, -0.1) is 0 Å². The number of benzene rings is 2. The number of aromatic nitrogens is 5. The zero-order chi connectivity index (χ0) is 43.0. The monoisotopic (exact) mass is 845 g/mol. The number of fused-ring (bicyclic) bond motifs is 6. The zero-order valence-electron chi connectivity index (χ0n) is 34.8. The summed E-state index contributed by atoms with van der Waals surface area (Å²) in [6.45, 7) is 1.95. The minimum absolute atomic E-state index is 0.0280. The van der Waals surface area contributed by atoms with Crippen molar-refractivity contribution in [2.24, 2.45) is 0 Å². The number of H-pyrrole nitrogens is 2. The Morgan fingerprint density at radius 2 is 1.48 bits per heavy atom. The van der Waals surface area contributed by atoms with Gasteiger partial charge in [0.15, 0.2) is 0 Å². The maximum Gasteiger partial charge on any atom is 0.407 e. The van der Waals surface area contributed by atoms with E-state index in [2.05, 4.69) is 43.8 Å². The lowest BCUT2D eigenvalue weighted by molar-refractivity contribution is -0.136. The molecule has 0 saturated carbocycles. The number of nitrogens with one attached hydrogen (secondary N) is 4. The van der Waals surface area contributed by atoms with E-state index in [1.807, 2.05) is 36.4 Å². The molecule has 0 spiro atoms. The van der Waals surface area contributed by atoms with Crippen LogP contribution in [0.1, 0.15) is 67.8 Å². The van der Waals surface area contributed by atoms with Crippen LogP contribution in [0.5, 0.6) is 5.75 Å². The maximum absolute atomic E-state index is 13.9. The van der Waals surface area contributed by atoms with Crippen molar-refractivity contribution in [3.63, 3.8) is 0 Å². The van der Waals surface area contributed by atoms with E-state index in [1.165, 1.54) is 14.2 Å². The molecule has 3 aromatic heterocycles. The van der Waals surface area contributed by atoms with E-state index in [4.69, 9.17) is 28.9 Å². The Morgan fingerprint density at radius 3 is 2.27 bits per heavy atom. The lowest BCUT2D eigenvalue weighted by Gasteiger charge is -2.28. The van der Waals surface area contributed by atoms with Crippen molar-refractivity contribution in [3.8, 4) is 39.4 Å². The number of aromatic amines is 2. The molecule has 2 bridgehead atoms. The summed E-state index contributed by atoms with van der Waals surface area (Å²) in [5.74, 6) is 1.62. The highest BCUT2D eigenvalue weighted by Gasteiger charge is 2.38. The summed E-state index contributed by atoms with van der Waals surface area (Å²) >= 11 is 0. The fraction of sp³-hybridized carbons (Fsp3) is 0.400. The summed E-state index contributed by atoms with van der Waals surface area (Å²) in [6.07, 6.45) is 10.3. The quantitative estimate of drug-likeness (QED) is 0.148.